The summed E-state index contributed by atoms with van der Waals surface area (Å²) in [6.07, 6.45) is 0.414. The van der Waals surface area contributed by atoms with Crippen molar-refractivity contribution < 1.29 is 14.6 Å². The molecular weight excluding hydrogens is 376 g/mol. The quantitative estimate of drug-likeness (QED) is 0.576. The summed E-state index contributed by atoms with van der Waals surface area (Å²) < 4.78 is 5.40. The molecule has 0 aliphatic carbocycles. The fraction of sp³-hybridized carbons (Fsp3) is 0.240. The highest BCUT2D eigenvalue weighted by Crippen LogP contribution is 2.32. The van der Waals surface area contributed by atoms with Gasteiger partial charge < -0.3 is 14.7 Å². The third-order valence-corrected chi connectivity index (χ3v) is 5.36. The first-order valence-electron chi connectivity index (χ1n) is 10.2. The van der Waals surface area contributed by atoms with E-state index in [1.54, 1.807) is 12.1 Å². The predicted octanol–water partition coefficient (Wildman–Crippen LogP) is 5.69. The van der Waals surface area contributed by atoms with Crippen LogP contribution in [0.15, 0.2) is 66.7 Å². The lowest BCUT2D eigenvalue weighted by molar-refractivity contribution is 0.215. The molecular formula is C25H26N2O3. The molecule has 0 saturated carbocycles. The molecule has 0 unspecified atom stereocenters. The van der Waals surface area contributed by atoms with Gasteiger partial charge in [0.05, 0.1) is 0 Å². The number of rotatable bonds is 5. The molecule has 0 atom stereocenters. The van der Waals surface area contributed by atoms with E-state index in [0.29, 0.717) is 11.7 Å². The fourth-order valence-corrected chi connectivity index (χ4v) is 3.76. The topological polar surface area (TPSA) is 61.8 Å². The molecule has 3 aromatic carbocycles. The summed E-state index contributed by atoms with van der Waals surface area (Å²) in [7, 11) is 0. The van der Waals surface area contributed by atoms with Gasteiger partial charge in [-0.2, -0.15) is 0 Å². The molecule has 0 aromatic heterocycles. The molecule has 0 radical (unpaired) electrons. The molecule has 2 N–H and O–H groups in total. The SMILES string of the molecule is CC(C)c1ccc(OC(=O)Nc2ccc3c(c2)CCN3Cc2cccc(O)c2)cc1. The van der Waals surface area contributed by atoms with Gasteiger partial charge in [-0.25, -0.2) is 4.79 Å². The second-order valence-corrected chi connectivity index (χ2v) is 7.92. The molecule has 0 saturated heterocycles. The van der Waals surface area contributed by atoms with Crippen molar-refractivity contribution in [3.63, 3.8) is 0 Å². The van der Waals surface area contributed by atoms with Crippen molar-refractivity contribution in [1.29, 1.82) is 0 Å². The summed E-state index contributed by atoms with van der Waals surface area (Å²) in [5.74, 6) is 1.24. The average molecular weight is 402 g/mol. The summed E-state index contributed by atoms with van der Waals surface area (Å²) in [4.78, 5) is 14.6. The lowest BCUT2D eigenvalue weighted by atomic mass is 10.0. The van der Waals surface area contributed by atoms with Crippen LogP contribution in [0, 0.1) is 0 Å². The maximum atomic E-state index is 12.3. The molecule has 1 amide bonds. The van der Waals surface area contributed by atoms with Crippen LogP contribution in [0.4, 0.5) is 16.2 Å². The van der Waals surface area contributed by atoms with Gasteiger partial charge >= 0.3 is 6.09 Å². The van der Waals surface area contributed by atoms with E-state index in [1.165, 1.54) is 11.1 Å². The third kappa shape index (κ3) is 4.57. The first-order chi connectivity index (χ1) is 14.5. The fourth-order valence-electron chi connectivity index (χ4n) is 3.76. The molecule has 0 fully saturated rings. The van der Waals surface area contributed by atoms with E-state index >= 15 is 0 Å². The molecule has 1 heterocycles. The summed E-state index contributed by atoms with van der Waals surface area (Å²) in [6, 6.07) is 20.8. The Bertz CT molecular complexity index is 1040. The number of nitrogens with one attached hydrogen (secondary N) is 1. The van der Waals surface area contributed by atoms with E-state index in [9.17, 15) is 9.90 Å². The van der Waals surface area contributed by atoms with E-state index in [-0.39, 0.29) is 5.75 Å². The monoisotopic (exact) mass is 402 g/mol. The maximum absolute atomic E-state index is 12.3. The molecule has 1 aliphatic heterocycles. The Morgan fingerprint density at radius 1 is 1.10 bits per heavy atom. The second kappa shape index (κ2) is 8.49. The number of nitrogens with zero attached hydrogens (tertiary/aromatic N) is 1. The van der Waals surface area contributed by atoms with Gasteiger partial charge in [0.2, 0.25) is 0 Å². The van der Waals surface area contributed by atoms with Crippen molar-refractivity contribution in [2.24, 2.45) is 0 Å². The zero-order valence-corrected chi connectivity index (χ0v) is 17.3. The Kier molecular flexibility index (Phi) is 5.61. The number of fused-ring (bicyclic) bond motifs is 1. The van der Waals surface area contributed by atoms with Crippen LogP contribution in [-0.2, 0) is 13.0 Å². The highest BCUT2D eigenvalue weighted by molar-refractivity contribution is 5.87. The minimum atomic E-state index is -0.498. The van der Waals surface area contributed by atoms with E-state index in [4.69, 9.17) is 4.74 Å². The van der Waals surface area contributed by atoms with Crippen LogP contribution in [0.3, 0.4) is 0 Å². The van der Waals surface area contributed by atoms with E-state index in [0.717, 1.165) is 36.4 Å². The van der Waals surface area contributed by atoms with Gasteiger partial charge in [0.1, 0.15) is 11.5 Å². The number of phenolic OH excluding ortho intramolecular Hbond substituents is 1. The number of hydrogen-bond donors (Lipinski definition) is 2. The Hall–Kier alpha value is -3.47. The Morgan fingerprint density at radius 2 is 1.90 bits per heavy atom. The van der Waals surface area contributed by atoms with Gasteiger partial charge in [0.15, 0.2) is 0 Å². The summed E-state index contributed by atoms with van der Waals surface area (Å²) in [5, 5.41) is 12.5. The number of aromatic hydroxyl groups is 1. The third-order valence-electron chi connectivity index (χ3n) is 5.36. The maximum Gasteiger partial charge on any atom is 0.417 e. The van der Waals surface area contributed by atoms with Crippen molar-refractivity contribution in [1.82, 2.24) is 0 Å². The van der Waals surface area contributed by atoms with Gasteiger partial charge in [0.25, 0.3) is 0 Å². The van der Waals surface area contributed by atoms with Crippen molar-refractivity contribution in [3.8, 4) is 11.5 Å². The lowest BCUT2D eigenvalue weighted by Crippen LogP contribution is -2.19. The van der Waals surface area contributed by atoms with Crippen LogP contribution in [0.25, 0.3) is 0 Å². The molecule has 154 valence electrons. The number of anilines is 2. The number of amides is 1. The van der Waals surface area contributed by atoms with Crippen LogP contribution in [0.5, 0.6) is 11.5 Å². The largest absolute Gasteiger partial charge is 0.508 e. The molecule has 30 heavy (non-hydrogen) atoms. The van der Waals surface area contributed by atoms with E-state index in [1.807, 2.05) is 54.6 Å². The van der Waals surface area contributed by atoms with Crippen LogP contribution >= 0.6 is 0 Å². The molecule has 4 rings (SSSR count). The number of carbonyl (C=O) groups is 1. The number of ether oxygens (including phenoxy) is 1. The summed E-state index contributed by atoms with van der Waals surface area (Å²) >= 11 is 0. The number of hydrogen-bond acceptors (Lipinski definition) is 4. The smallest absolute Gasteiger partial charge is 0.417 e. The van der Waals surface area contributed by atoms with Crippen LogP contribution in [0.2, 0.25) is 0 Å². The molecule has 1 aliphatic rings. The summed E-state index contributed by atoms with van der Waals surface area (Å²) in [6.45, 7) is 5.90. The Morgan fingerprint density at radius 3 is 2.63 bits per heavy atom. The van der Waals surface area contributed by atoms with Crippen LogP contribution in [0.1, 0.15) is 36.5 Å². The number of phenols is 1. The van der Waals surface area contributed by atoms with Gasteiger partial charge in [-0.1, -0.05) is 38.1 Å². The second-order valence-electron chi connectivity index (χ2n) is 7.92. The zero-order chi connectivity index (χ0) is 21.1. The standard InChI is InChI=1S/C25H26N2O3/c1-17(2)19-6-9-23(10-7-19)30-25(29)26-21-8-11-24-20(15-21)12-13-27(24)16-18-4-3-5-22(28)14-18/h3-11,14-15,17,28H,12-13,16H2,1-2H3,(H,26,29). The first-order valence-corrected chi connectivity index (χ1v) is 10.2. The summed E-state index contributed by atoms with van der Waals surface area (Å²) in [5.41, 5.74) is 5.33. The van der Waals surface area contributed by atoms with Gasteiger partial charge in [0, 0.05) is 24.5 Å². The van der Waals surface area contributed by atoms with Gasteiger partial charge in [-0.15, -0.1) is 0 Å². The Labute approximate surface area is 176 Å². The van der Waals surface area contributed by atoms with Crippen molar-refractivity contribution >= 4 is 17.5 Å². The molecule has 0 bridgehead atoms. The average Bonchev–Trinajstić information content (AvgIpc) is 3.10. The normalized spacial score (nSPS) is 12.7. The first kappa shape index (κ1) is 19.8. The number of benzene rings is 3. The molecule has 5 heteroatoms. The highest BCUT2D eigenvalue weighted by atomic mass is 16.6. The highest BCUT2D eigenvalue weighted by Gasteiger charge is 2.20. The van der Waals surface area contributed by atoms with Crippen molar-refractivity contribution in [2.45, 2.75) is 32.7 Å². The number of carbonyl (C=O) groups excluding carboxylic acids is 1. The minimum Gasteiger partial charge on any atom is -0.508 e. The zero-order valence-electron chi connectivity index (χ0n) is 17.3. The van der Waals surface area contributed by atoms with Crippen molar-refractivity contribution in [3.05, 3.63) is 83.4 Å². The van der Waals surface area contributed by atoms with E-state index < -0.39 is 6.09 Å². The van der Waals surface area contributed by atoms with Gasteiger partial charge in [-0.3, -0.25) is 5.32 Å². The molecule has 3 aromatic rings. The molecule has 0 spiro atoms. The Balaban J connectivity index is 1.39. The minimum absolute atomic E-state index is 0.281. The molecule has 5 nitrogen and oxygen atoms in total. The van der Waals surface area contributed by atoms with Crippen LogP contribution < -0.4 is 15.0 Å². The van der Waals surface area contributed by atoms with Gasteiger partial charge in [-0.05, 0) is 71.5 Å². The van der Waals surface area contributed by atoms with Crippen molar-refractivity contribution in [2.75, 3.05) is 16.8 Å². The lowest BCUT2D eigenvalue weighted by Gasteiger charge is -2.20. The van der Waals surface area contributed by atoms with E-state index in [2.05, 4.69) is 24.1 Å². The predicted molar refractivity (Wildman–Crippen MR) is 119 cm³/mol. The van der Waals surface area contributed by atoms with Crippen LogP contribution in [-0.4, -0.2) is 17.7 Å².